The van der Waals surface area contributed by atoms with Gasteiger partial charge in [-0.25, -0.2) is 0 Å². The summed E-state index contributed by atoms with van der Waals surface area (Å²) in [5.41, 5.74) is 1.96. The molecule has 3 aliphatic rings. The Labute approximate surface area is 205 Å². The maximum absolute atomic E-state index is 10.3. The van der Waals surface area contributed by atoms with Crippen LogP contribution < -0.4 is 0 Å². The van der Waals surface area contributed by atoms with E-state index in [1.807, 2.05) is 0 Å². The molecule has 0 aromatic rings. The summed E-state index contributed by atoms with van der Waals surface area (Å²) < 4.78 is 5.61. The van der Waals surface area contributed by atoms with Crippen molar-refractivity contribution >= 4 is 0 Å². The van der Waals surface area contributed by atoms with Crippen LogP contribution in [0.5, 0.6) is 0 Å². The zero-order valence-corrected chi connectivity index (χ0v) is 22.5. The zero-order valence-electron chi connectivity index (χ0n) is 22.5. The lowest BCUT2D eigenvalue weighted by Gasteiger charge is -2.52. The van der Waals surface area contributed by atoms with Gasteiger partial charge in [-0.1, -0.05) is 96.8 Å². The molecule has 33 heavy (non-hydrogen) atoms. The maximum atomic E-state index is 10.3. The summed E-state index contributed by atoms with van der Waals surface area (Å²) in [6.07, 6.45) is 23.8. The van der Waals surface area contributed by atoms with E-state index in [9.17, 15) is 5.11 Å². The zero-order chi connectivity index (χ0) is 24.1. The predicted octanol–water partition coefficient (Wildman–Crippen LogP) is 8.27. The Kier molecular flexibility index (Phi) is 9.49. The van der Waals surface area contributed by atoms with Gasteiger partial charge in [0.25, 0.3) is 0 Å². The molecule has 2 saturated carbocycles. The highest BCUT2D eigenvalue weighted by atomic mass is 16.6. The first kappa shape index (κ1) is 26.7. The Bertz CT molecular complexity index is 700. The summed E-state index contributed by atoms with van der Waals surface area (Å²) in [6.45, 7) is 15.2. The standard InChI is InChI=1S/C31H52O2/c1-7-27(23(4)13-10-11-20-31(9-3)22-33-31)30(6)19-12-14-26(28(30)8-2)18-17-25-16-15-24(5)29(32)21-25/h10-11,13,17,20,23-24,26-29,32H,7-9,12,14-16,18-19,21-22H2,1-6H3/b13-10+,20-11+,25-17-. The van der Waals surface area contributed by atoms with Crippen LogP contribution in [0.2, 0.25) is 0 Å². The number of rotatable bonds is 10. The normalized spacial score (nSPS) is 40.5. The second kappa shape index (κ2) is 11.7. The lowest BCUT2D eigenvalue weighted by atomic mass is 9.53. The summed E-state index contributed by atoms with van der Waals surface area (Å²) in [4.78, 5) is 0. The molecule has 1 heterocycles. The van der Waals surface area contributed by atoms with Crippen LogP contribution in [0.25, 0.3) is 0 Å². The molecule has 0 aromatic heterocycles. The van der Waals surface area contributed by atoms with Gasteiger partial charge in [-0.3, -0.25) is 0 Å². The second-order valence-electron chi connectivity index (χ2n) is 11.9. The summed E-state index contributed by atoms with van der Waals surface area (Å²) in [6, 6.07) is 0. The molecular formula is C31H52O2. The molecule has 1 aliphatic heterocycles. The van der Waals surface area contributed by atoms with Gasteiger partial charge in [0.15, 0.2) is 0 Å². The highest BCUT2D eigenvalue weighted by Crippen LogP contribution is 2.54. The van der Waals surface area contributed by atoms with Crippen LogP contribution in [0, 0.1) is 35.0 Å². The van der Waals surface area contributed by atoms with Gasteiger partial charge in [0, 0.05) is 0 Å². The predicted molar refractivity (Wildman–Crippen MR) is 141 cm³/mol. The topological polar surface area (TPSA) is 32.8 Å². The Morgan fingerprint density at radius 3 is 2.55 bits per heavy atom. The van der Waals surface area contributed by atoms with Crippen molar-refractivity contribution in [2.24, 2.45) is 35.0 Å². The molecule has 1 N–H and O–H groups in total. The number of hydrogen-bond donors (Lipinski definition) is 1. The van der Waals surface area contributed by atoms with Crippen LogP contribution >= 0.6 is 0 Å². The largest absolute Gasteiger partial charge is 0.393 e. The molecule has 188 valence electrons. The molecule has 2 heteroatoms. The van der Waals surface area contributed by atoms with Crippen LogP contribution in [-0.2, 0) is 4.74 Å². The number of aliphatic hydroxyl groups excluding tert-OH is 1. The van der Waals surface area contributed by atoms with Crippen LogP contribution in [0.15, 0.2) is 36.0 Å². The SMILES string of the molecule is CCC(C(C)/C=C/C=C/C1(CC)CO1)C1(C)CCCC(C/C=C2/CCC(C)C(O)C2)C1CC. The van der Waals surface area contributed by atoms with E-state index in [2.05, 4.69) is 71.9 Å². The molecule has 0 amide bonds. The Hall–Kier alpha value is -0.860. The van der Waals surface area contributed by atoms with E-state index in [-0.39, 0.29) is 11.7 Å². The maximum Gasteiger partial charge on any atom is 0.110 e. The molecule has 0 spiro atoms. The van der Waals surface area contributed by atoms with Crippen molar-refractivity contribution in [1.29, 1.82) is 0 Å². The minimum Gasteiger partial charge on any atom is -0.393 e. The van der Waals surface area contributed by atoms with E-state index >= 15 is 0 Å². The molecule has 2 aliphatic carbocycles. The Morgan fingerprint density at radius 1 is 1.18 bits per heavy atom. The highest BCUT2D eigenvalue weighted by molar-refractivity contribution is 5.16. The average Bonchev–Trinajstić information content (AvgIpc) is 3.58. The molecule has 0 radical (unpaired) electrons. The Morgan fingerprint density at radius 2 is 1.94 bits per heavy atom. The molecule has 2 nitrogen and oxygen atoms in total. The quantitative estimate of drug-likeness (QED) is 0.204. The first-order valence-electron chi connectivity index (χ1n) is 14.1. The molecule has 0 bridgehead atoms. The number of hydrogen-bond acceptors (Lipinski definition) is 2. The van der Waals surface area contributed by atoms with Gasteiger partial charge in [0.05, 0.1) is 12.7 Å². The summed E-state index contributed by atoms with van der Waals surface area (Å²) in [7, 11) is 0. The van der Waals surface area contributed by atoms with E-state index in [1.54, 1.807) is 0 Å². The number of aliphatic hydroxyl groups is 1. The third-order valence-electron chi connectivity index (χ3n) is 9.87. The van der Waals surface area contributed by atoms with Gasteiger partial charge in [0.2, 0.25) is 0 Å². The van der Waals surface area contributed by atoms with Crippen molar-refractivity contribution in [3.8, 4) is 0 Å². The van der Waals surface area contributed by atoms with Crippen LogP contribution in [0.3, 0.4) is 0 Å². The fourth-order valence-electron chi connectivity index (χ4n) is 7.45. The Balaban J connectivity index is 1.67. The molecule has 8 atom stereocenters. The van der Waals surface area contributed by atoms with Crippen LogP contribution in [0.1, 0.15) is 106 Å². The smallest absolute Gasteiger partial charge is 0.110 e. The first-order valence-corrected chi connectivity index (χ1v) is 14.1. The van der Waals surface area contributed by atoms with E-state index in [1.165, 1.54) is 50.5 Å². The van der Waals surface area contributed by atoms with E-state index in [0.29, 0.717) is 17.3 Å². The third kappa shape index (κ3) is 6.43. The number of allylic oxidation sites excluding steroid dienone is 4. The van der Waals surface area contributed by atoms with E-state index in [4.69, 9.17) is 4.74 Å². The fraction of sp³-hybridized carbons (Fsp3) is 0.806. The van der Waals surface area contributed by atoms with E-state index in [0.717, 1.165) is 43.6 Å². The summed E-state index contributed by atoms with van der Waals surface area (Å²) in [5.74, 6) is 3.35. The van der Waals surface area contributed by atoms with Gasteiger partial charge in [-0.2, -0.15) is 0 Å². The summed E-state index contributed by atoms with van der Waals surface area (Å²) >= 11 is 0. The molecular weight excluding hydrogens is 404 g/mol. The monoisotopic (exact) mass is 456 g/mol. The van der Waals surface area contributed by atoms with Gasteiger partial charge in [-0.15, -0.1) is 0 Å². The first-order chi connectivity index (χ1) is 15.8. The van der Waals surface area contributed by atoms with Crippen molar-refractivity contribution in [2.45, 2.75) is 117 Å². The van der Waals surface area contributed by atoms with Crippen molar-refractivity contribution < 1.29 is 9.84 Å². The lowest BCUT2D eigenvalue weighted by molar-refractivity contribution is -0.0163. The minimum absolute atomic E-state index is 0.0363. The van der Waals surface area contributed by atoms with Crippen LogP contribution in [-0.4, -0.2) is 23.4 Å². The molecule has 8 unspecified atom stereocenters. The van der Waals surface area contributed by atoms with Crippen molar-refractivity contribution in [2.75, 3.05) is 6.61 Å². The van der Waals surface area contributed by atoms with Gasteiger partial charge >= 0.3 is 0 Å². The van der Waals surface area contributed by atoms with Crippen molar-refractivity contribution in [3.05, 3.63) is 36.0 Å². The number of epoxide rings is 1. The third-order valence-corrected chi connectivity index (χ3v) is 9.87. The highest BCUT2D eigenvalue weighted by Gasteiger charge is 2.46. The molecule has 0 aromatic carbocycles. The minimum atomic E-state index is -0.131. The summed E-state index contributed by atoms with van der Waals surface area (Å²) in [5, 5.41) is 10.3. The average molecular weight is 457 g/mol. The van der Waals surface area contributed by atoms with Gasteiger partial charge in [-0.05, 0) is 80.0 Å². The van der Waals surface area contributed by atoms with Crippen LogP contribution in [0.4, 0.5) is 0 Å². The van der Waals surface area contributed by atoms with Crippen molar-refractivity contribution in [1.82, 2.24) is 0 Å². The lowest BCUT2D eigenvalue weighted by Crippen LogP contribution is -2.44. The molecule has 3 fully saturated rings. The number of ether oxygens (including phenoxy) is 1. The molecule has 1 saturated heterocycles. The van der Waals surface area contributed by atoms with Gasteiger partial charge < -0.3 is 9.84 Å². The van der Waals surface area contributed by atoms with Crippen molar-refractivity contribution in [3.63, 3.8) is 0 Å². The van der Waals surface area contributed by atoms with Gasteiger partial charge in [0.1, 0.15) is 5.60 Å². The van der Waals surface area contributed by atoms with E-state index < -0.39 is 0 Å². The second-order valence-corrected chi connectivity index (χ2v) is 11.9. The molecule has 3 rings (SSSR count). The fourth-order valence-corrected chi connectivity index (χ4v) is 7.45.